The Kier molecular flexibility index (Phi) is 5.87. The summed E-state index contributed by atoms with van der Waals surface area (Å²) in [7, 11) is 0. The monoisotopic (exact) mass is 421 g/mol. The average molecular weight is 422 g/mol. The van der Waals surface area contributed by atoms with Gasteiger partial charge in [-0.25, -0.2) is 0 Å². The maximum Gasteiger partial charge on any atom is 0.310 e. The van der Waals surface area contributed by atoms with Gasteiger partial charge in [0.1, 0.15) is 0 Å². The largest absolute Gasteiger partial charge is 0.466 e. The van der Waals surface area contributed by atoms with Crippen LogP contribution >= 0.6 is 34.2 Å². The Bertz CT molecular complexity index is 550. The second-order valence-corrected chi connectivity index (χ2v) is 6.54. The molecule has 1 atom stereocenters. The molecule has 6 heteroatoms. The lowest BCUT2D eigenvalue weighted by molar-refractivity contribution is -0.149. The molecule has 4 nitrogen and oxygen atoms in total. The summed E-state index contributed by atoms with van der Waals surface area (Å²) in [5.41, 5.74) is 0.560. The molecule has 1 aliphatic heterocycles. The standard InChI is InChI=1S/C15H17ClINO3/c1-2-21-15(20)11-4-3-7-18(9-11)14(19)10-5-6-13(17)12(16)8-10/h5-6,8,11H,2-4,7,9H2,1H3/t11-/m1/s1. The zero-order valence-electron chi connectivity index (χ0n) is 11.8. The van der Waals surface area contributed by atoms with E-state index in [1.54, 1.807) is 24.0 Å². The van der Waals surface area contributed by atoms with Crippen molar-refractivity contribution in [3.63, 3.8) is 0 Å². The Morgan fingerprint density at radius 2 is 2.24 bits per heavy atom. The highest BCUT2D eigenvalue weighted by Crippen LogP contribution is 2.23. The van der Waals surface area contributed by atoms with E-state index in [1.807, 2.05) is 6.07 Å². The van der Waals surface area contributed by atoms with Crippen molar-refractivity contribution in [2.24, 2.45) is 5.92 Å². The second-order valence-electron chi connectivity index (χ2n) is 4.97. The number of carbonyl (C=O) groups is 2. The number of likely N-dealkylation sites (tertiary alicyclic amines) is 1. The second kappa shape index (κ2) is 7.45. The van der Waals surface area contributed by atoms with Gasteiger partial charge in [0.05, 0.1) is 17.5 Å². The predicted molar refractivity (Wildman–Crippen MR) is 89.4 cm³/mol. The zero-order chi connectivity index (χ0) is 15.4. The van der Waals surface area contributed by atoms with E-state index in [4.69, 9.17) is 16.3 Å². The molecule has 0 N–H and O–H groups in total. The summed E-state index contributed by atoms with van der Waals surface area (Å²) in [6.07, 6.45) is 1.59. The predicted octanol–water partition coefficient (Wildman–Crippen LogP) is 3.36. The lowest BCUT2D eigenvalue weighted by Crippen LogP contribution is -2.42. The number of esters is 1. The molecule has 1 amide bonds. The summed E-state index contributed by atoms with van der Waals surface area (Å²) in [6, 6.07) is 5.27. The number of rotatable bonds is 3. The Balaban J connectivity index is 2.08. The summed E-state index contributed by atoms with van der Waals surface area (Å²) in [5, 5.41) is 0.570. The molecule has 1 heterocycles. The van der Waals surface area contributed by atoms with Gasteiger partial charge in [0.2, 0.25) is 0 Å². The highest BCUT2D eigenvalue weighted by atomic mass is 127. The van der Waals surface area contributed by atoms with Crippen molar-refractivity contribution in [1.82, 2.24) is 4.90 Å². The minimum Gasteiger partial charge on any atom is -0.466 e. The van der Waals surface area contributed by atoms with Crippen LogP contribution in [0.4, 0.5) is 0 Å². The van der Waals surface area contributed by atoms with Gasteiger partial charge in [-0.15, -0.1) is 0 Å². The van der Waals surface area contributed by atoms with Crippen LogP contribution in [0.5, 0.6) is 0 Å². The van der Waals surface area contributed by atoms with E-state index in [2.05, 4.69) is 22.6 Å². The fraction of sp³-hybridized carbons (Fsp3) is 0.467. The van der Waals surface area contributed by atoms with Crippen molar-refractivity contribution >= 4 is 46.1 Å². The summed E-state index contributed by atoms with van der Waals surface area (Å²) in [6.45, 7) is 3.24. The molecule has 0 bridgehead atoms. The maximum atomic E-state index is 12.5. The molecule has 0 aromatic heterocycles. The third-order valence-electron chi connectivity index (χ3n) is 3.50. The van der Waals surface area contributed by atoms with E-state index in [-0.39, 0.29) is 17.8 Å². The lowest BCUT2D eigenvalue weighted by atomic mass is 9.97. The number of hydrogen-bond acceptors (Lipinski definition) is 3. The topological polar surface area (TPSA) is 46.6 Å². The zero-order valence-corrected chi connectivity index (χ0v) is 14.7. The van der Waals surface area contributed by atoms with Gasteiger partial charge in [-0.3, -0.25) is 9.59 Å². The Morgan fingerprint density at radius 3 is 2.90 bits per heavy atom. The number of nitrogens with zero attached hydrogens (tertiary/aromatic N) is 1. The van der Waals surface area contributed by atoms with Crippen LogP contribution in [0.2, 0.25) is 5.02 Å². The van der Waals surface area contributed by atoms with Crippen molar-refractivity contribution in [3.05, 3.63) is 32.4 Å². The molecule has 2 rings (SSSR count). The summed E-state index contributed by atoms with van der Waals surface area (Å²) in [4.78, 5) is 26.0. The first-order chi connectivity index (χ1) is 10.0. The molecule has 1 aliphatic rings. The first-order valence-corrected chi connectivity index (χ1v) is 8.39. The first kappa shape index (κ1) is 16.5. The van der Waals surface area contributed by atoms with E-state index in [9.17, 15) is 9.59 Å². The van der Waals surface area contributed by atoms with E-state index in [0.29, 0.717) is 30.3 Å². The number of carbonyl (C=O) groups excluding carboxylic acids is 2. The number of hydrogen-bond donors (Lipinski definition) is 0. The minimum absolute atomic E-state index is 0.0812. The van der Waals surface area contributed by atoms with Crippen LogP contribution in [0.25, 0.3) is 0 Å². The normalized spacial score (nSPS) is 18.4. The molecular weight excluding hydrogens is 405 g/mol. The molecule has 0 unspecified atom stereocenters. The van der Waals surface area contributed by atoms with Gasteiger partial charge in [-0.05, 0) is 60.6 Å². The quantitative estimate of drug-likeness (QED) is 0.555. The molecule has 1 fully saturated rings. The van der Waals surface area contributed by atoms with Crippen LogP contribution in [0, 0.1) is 9.49 Å². The highest BCUT2D eigenvalue weighted by Gasteiger charge is 2.29. The van der Waals surface area contributed by atoms with E-state index in [0.717, 1.165) is 16.4 Å². The van der Waals surface area contributed by atoms with Gasteiger partial charge < -0.3 is 9.64 Å². The first-order valence-electron chi connectivity index (χ1n) is 6.94. The summed E-state index contributed by atoms with van der Waals surface area (Å²) in [5.74, 6) is -0.514. The van der Waals surface area contributed by atoms with Crippen molar-refractivity contribution in [2.75, 3.05) is 19.7 Å². The van der Waals surface area contributed by atoms with Gasteiger partial charge in [0.25, 0.3) is 5.91 Å². The van der Waals surface area contributed by atoms with Crippen LogP contribution < -0.4 is 0 Å². The smallest absolute Gasteiger partial charge is 0.310 e. The minimum atomic E-state index is -0.220. The van der Waals surface area contributed by atoms with Crippen LogP contribution in [0.3, 0.4) is 0 Å². The van der Waals surface area contributed by atoms with Crippen molar-refractivity contribution in [3.8, 4) is 0 Å². The summed E-state index contributed by atoms with van der Waals surface area (Å²) < 4.78 is 5.96. The van der Waals surface area contributed by atoms with Gasteiger partial charge in [-0.2, -0.15) is 0 Å². The SMILES string of the molecule is CCOC(=O)[C@@H]1CCCN(C(=O)c2ccc(I)c(Cl)c2)C1. The molecule has 1 aromatic carbocycles. The summed E-state index contributed by atoms with van der Waals surface area (Å²) >= 11 is 8.19. The highest BCUT2D eigenvalue weighted by molar-refractivity contribution is 14.1. The molecule has 0 aliphatic carbocycles. The van der Waals surface area contributed by atoms with E-state index >= 15 is 0 Å². The Hall–Kier alpha value is -0.820. The fourth-order valence-corrected chi connectivity index (χ4v) is 2.94. The van der Waals surface area contributed by atoms with Crippen LogP contribution in [0.1, 0.15) is 30.1 Å². The number of amides is 1. The third kappa shape index (κ3) is 4.10. The molecule has 1 saturated heterocycles. The van der Waals surface area contributed by atoms with Gasteiger partial charge in [0, 0.05) is 22.2 Å². The van der Waals surface area contributed by atoms with E-state index in [1.165, 1.54) is 0 Å². The molecule has 0 spiro atoms. The lowest BCUT2D eigenvalue weighted by Gasteiger charge is -2.31. The van der Waals surface area contributed by atoms with Crippen molar-refractivity contribution in [1.29, 1.82) is 0 Å². The van der Waals surface area contributed by atoms with E-state index < -0.39 is 0 Å². The number of halogens is 2. The molecule has 0 saturated carbocycles. The molecule has 1 aromatic rings. The number of piperidine rings is 1. The molecule has 114 valence electrons. The Labute approximate surface area is 142 Å². The van der Waals surface area contributed by atoms with Gasteiger partial charge in [0.15, 0.2) is 0 Å². The average Bonchev–Trinajstić information content (AvgIpc) is 2.49. The fourth-order valence-electron chi connectivity index (χ4n) is 2.43. The van der Waals surface area contributed by atoms with Crippen molar-refractivity contribution < 1.29 is 14.3 Å². The van der Waals surface area contributed by atoms with Gasteiger partial charge >= 0.3 is 5.97 Å². The maximum absolute atomic E-state index is 12.5. The van der Waals surface area contributed by atoms with Gasteiger partial charge in [-0.1, -0.05) is 11.6 Å². The third-order valence-corrected chi connectivity index (χ3v) is 5.07. The Morgan fingerprint density at radius 1 is 1.48 bits per heavy atom. The van der Waals surface area contributed by atoms with Crippen molar-refractivity contribution in [2.45, 2.75) is 19.8 Å². The molecule has 21 heavy (non-hydrogen) atoms. The molecule has 0 radical (unpaired) electrons. The van der Waals surface area contributed by atoms with Crippen LogP contribution in [0.15, 0.2) is 18.2 Å². The number of ether oxygens (including phenoxy) is 1. The molecular formula is C15H17ClINO3. The van der Waals surface area contributed by atoms with Crippen LogP contribution in [-0.4, -0.2) is 36.5 Å². The van der Waals surface area contributed by atoms with Crippen LogP contribution in [-0.2, 0) is 9.53 Å². The number of benzene rings is 1.